The lowest BCUT2D eigenvalue weighted by Crippen LogP contribution is -2.28. The van der Waals surface area contributed by atoms with E-state index in [-0.39, 0.29) is 6.54 Å². The molecule has 62 valence electrons. The normalized spacial score (nSPS) is 12.0. The molecule has 0 N–H and O–H groups in total. The molecule has 0 atom stereocenters. The molecule has 0 aliphatic carbocycles. The highest BCUT2D eigenvalue weighted by molar-refractivity contribution is 4.55. The molecule has 0 aromatic carbocycles. The molecule has 1 nitrogen and oxygen atoms in total. The molecule has 10 heavy (non-hydrogen) atoms. The number of hydrogen-bond donors (Lipinski definition) is 0. The Labute approximate surface area is 61.0 Å². The van der Waals surface area contributed by atoms with Gasteiger partial charge in [-0.2, -0.15) is 0 Å². The van der Waals surface area contributed by atoms with Crippen LogP contribution in [-0.4, -0.2) is 31.5 Å². The van der Waals surface area contributed by atoms with Gasteiger partial charge < -0.3 is 4.90 Å². The molecular weight excluding hydrogens is 136 g/mol. The quantitative estimate of drug-likeness (QED) is 0.592. The van der Waals surface area contributed by atoms with Gasteiger partial charge in [0.25, 0.3) is 6.43 Å². The van der Waals surface area contributed by atoms with Gasteiger partial charge in [-0.05, 0) is 13.0 Å². The van der Waals surface area contributed by atoms with Crippen LogP contribution in [0.5, 0.6) is 0 Å². The Morgan fingerprint density at radius 1 is 1.20 bits per heavy atom. The maximum absolute atomic E-state index is 11.7. The first-order chi connectivity index (χ1) is 4.52. The maximum atomic E-state index is 11.7. The molecule has 0 radical (unpaired) electrons. The zero-order valence-electron chi connectivity index (χ0n) is 6.77. The standard InChI is InChI=1S/C7H15F2N/c1-6(2)4-10(3)5-7(8)9/h6-7H,4-5H2,1-3H3. The highest BCUT2D eigenvalue weighted by Crippen LogP contribution is 1.99. The molecule has 0 spiro atoms. The van der Waals surface area contributed by atoms with Crippen LogP contribution in [0.15, 0.2) is 0 Å². The summed E-state index contributed by atoms with van der Waals surface area (Å²) >= 11 is 0. The van der Waals surface area contributed by atoms with Crippen molar-refractivity contribution >= 4 is 0 Å². The lowest BCUT2D eigenvalue weighted by Gasteiger charge is -2.17. The largest absolute Gasteiger partial charge is 0.301 e. The fraction of sp³-hybridized carbons (Fsp3) is 1.00. The van der Waals surface area contributed by atoms with Crippen LogP contribution in [0, 0.1) is 5.92 Å². The van der Waals surface area contributed by atoms with Crippen molar-refractivity contribution in [3.05, 3.63) is 0 Å². The van der Waals surface area contributed by atoms with Gasteiger partial charge in [0.15, 0.2) is 0 Å². The Hall–Kier alpha value is -0.180. The van der Waals surface area contributed by atoms with E-state index in [4.69, 9.17) is 0 Å². The number of nitrogens with zero attached hydrogens (tertiary/aromatic N) is 1. The van der Waals surface area contributed by atoms with Crippen LogP contribution in [0.25, 0.3) is 0 Å². The molecule has 0 saturated carbocycles. The lowest BCUT2D eigenvalue weighted by atomic mass is 10.2. The summed E-state index contributed by atoms with van der Waals surface area (Å²) in [5, 5.41) is 0. The summed E-state index contributed by atoms with van der Waals surface area (Å²) in [6.45, 7) is 4.66. The van der Waals surface area contributed by atoms with E-state index in [1.54, 1.807) is 11.9 Å². The Morgan fingerprint density at radius 2 is 1.70 bits per heavy atom. The number of halogens is 2. The maximum Gasteiger partial charge on any atom is 0.251 e. The van der Waals surface area contributed by atoms with E-state index in [2.05, 4.69) is 0 Å². The molecule has 0 aliphatic rings. The smallest absolute Gasteiger partial charge is 0.251 e. The van der Waals surface area contributed by atoms with Crippen molar-refractivity contribution in [2.24, 2.45) is 5.92 Å². The zero-order valence-corrected chi connectivity index (χ0v) is 6.77. The minimum atomic E-state index is -2.20. The van der Waals surface area contributed by atoms with Crippen molar-refractivity contribution in [1.82, 2.24) is 4.90 Å². The fourth-order valence-electron chi connectivity index (χ4n) is 0.933. The van der Waals surface area contributed by atoms with Gasteiger partial charge in [0.1, 0.15) is 0 Å². The van der Waals surface area contributed by atoms with Crippen molar-refractivity contribution in [2.45, 2.75) is 20.3 Å². The van der Waals surface area contributed by atoms with Gasteiger partial charge in [-0.15, -0.1) is 0 Å². The predicted octanol–water partition coefficient (Wildman–Crippen LogP) is 1.84. The van der Waals surface area contributed by atoms with Crippen molar-refractivity contribution in [2.75, 3.05) is 20.1 Å². The summed E-state index contributed by atoms with van der Waals surface area (Å²) in [4.78, 5) is 1.65. The minimum absolute atomic E-state index is 0.113. The Bertz CT molecular complexity index is 73.7. The molecule has 0 saturated heterocycles. The van der Waals surface area contributed by atoms with Crippen LogP contribution in [0.4, 0.5) is 8.78 Å². The van der Waals surface area contributed by atoms with Gasteiger partial charge >= 0.3 is 0 Å². The van der Waals surface area contributed by atoms with Crippen molar-refractivity contribution in [3.8, 4) is 0 Å². The third-order valence-corrected chi connectivity index (χ3v) is 1.13. The predicted molar refractivity (Wildman–Crippen MR) is 38.3 cm³/mol. The van der Waals surface area contributed by atoms with Gasteiger partial charge in [-0.1, -0.05) is 13.8 Å². The topological polar surface area (TPSA) is 3.24 Å². The first-order valence-corrected chi connectivity index (χ1v) is 3.49. The Morgan fingerprint density at radius 3 is 2.00 bits per heavy atom. The van der Waals surface area contributed by atoms with Crippen LogP contribution in [0.3, 0.4) is 0 Å². The molecule has 0 fully saturated rings. The molecule has 0 heterocycles. The van der Waals surface area contributed by atoms with Crippen LogP contribution < -0.4 is 0 Å². The monoisotopic (exact) mass is 151 g/mol. The van der Waals surface area contributed by atoms with Gasteiger partial charge in [0.05, 0.1) is 6.54 Å². The van der Waals surface area contributed by atoms with Crippen LogP contribution in [0.2, 0.25) is 0 Å². The number of alkyl halides is 2. The van der Waals surface area contributed by atoms with E-state index in [0.717, 1.165) is 6.54 Å². The van der Waals surface area contributed by atoms with E-state index in [0.29, 0.717) is 5.92 Å². The third-order valence-electron chi connectivity index (χ3n) is 1.13. The highest BCUT2D eigenvalue weighted by Gasteiger charge is 2.07. The van der Waals surface area contributed by atoms with E-state index in [1.165, 1.54) is 0 Å². The average molecular weight is 151 g/mol. The molecule has 0 rings (SSSR count). The Kier molecular flexibility index (Phi) is 4.52. The van der Waals surface area contributed by atoms with Crippen molar-refractivity contribution < 1.29 is 8.78 Å². The molecule has 0 aromatic heterocycles. The molecule has 0 amide bonds. The zero-order chi connectivity index (χ0) is 8.15. The van der Waals surface area contributed by atoms with E-state index in [9.17, 15) is 8.78 Å². The van der Waals surface area contributed by atoms with Gasteiger partial charge in [0, 0.05) is 6.54 Å². The van der Waals surface area contributed by atoms with Crippen LogP contribution >= 0.6 is 0 Å². The summed E-state index contributed by atoms with van der Waals surface area (Å²) in [7, 11) is 1.71. The first kappa shape index (κ1) is 9.82. The summed E-state index contributed by atoms with van der Waals surface area (Å²) in [5.74, 6) is 0.462. The minimum Gasteiger partial charge on any atom is -0.301 e. The summed E-state index contributed by atoms with van der Waals surface area (Å²) in [5.41, 5.74) is 0. The van der Waals surface area contributed by atoms with E-state index < -0.39 is 6.43 Å². The summed E-state index contributed by atoms with van der Waals surface area (Å²) < 4.78 is 23.4. The van der Waals surface area contributed by atoms with Crippen molar-refractivity contribution in [3.63, 3.8) is 0 Å². The Balaban J connectivity index is 3.34. The summed E-state index contributed by atoms with van der Waals surface area (Å²) in [6.07, 6.45) is -2.20. The van der Waals surface area contributed by atoms with E-state index in [1.807, 2.05) is 13.8 Å². The summed E-state index contributed by atoms with van der Waals surface area (Å²) in [6, 6.07) is 0. The second-order valence-corrected chi connectivity index (χ2v) is 3.01. The number of hydrogen-bond acceptors (Lipinski definition) is 1. The first-order valence-electron chi connectivity index (χ1n) is 3.49. The second-order valence-electron chi connectivity index (χ2n) is 3.01. The van der Waals surface area contributed by atoms with Gasteiger partial charge in [-0.3, -0.25) is 0 Å². The van der Waals surface area contributed by atoms with Crippen LogP contribution in [0.1, 0.15) is 13.8 Å². The SMILES string of the molecule is CC(C)CN(C)CC(F)F. The number of rotatable bonds is 4. The van der Waals surface area contributed by atoms with E-state index >= 15 is 0 Å². The van der Waals surface area contributed by atoms with Crippen LogP contribution in [-0.2, 0) is 0 Å². The van der Waals surface area contributed by atoms with Crippen molar-refractivity contribution in [1.29, 1.82) is 0 Å². The van der Waals surface area contributed by atoms with Gasteiger partial charge in [0.2, 0.25) is 0 Å². The fourth-order valence-corrected chi connectivity index (χ4v) is 0.933. The molecule has 3 heteroatoms. The second kappa shape index (κ2) is 4.61. The van der Waals surface area contributed by atoms with Gasteiger partial charge in [-0.25, -0.2) is 8.78 Å². The molecular formula is C7H15F2N. The molecule has 0 aliphatic heterocycles. The molecule has 0 aromatic rings. The lowest BCUT2D eigenvalue weighted by molar-refractivity contribution is 0.0955. The third kappa shape index (κ3) is 5.95. The molecule has 0 bridgehead atoms. The highest BCUT2D eigenvalue weighted by atomic mass is 19.3. The molecule has 0 unspecified atom stereocenters. The average Bonchev–Trinajstić information content (AvgIpc) is 1.58.